The Kier molecular flexibility index (Phi) is 1.25. The molecule has 0 unspecified atom stereocenters. The minimum Gasteiger partial charge on any atom is -0.324 e. The second kappa shape index (κ2) is 1.95. The standard InChI is InChI=1S/C9H13NO/c1-2-6-3-7-8(11)5-9(7,10)4-6/h3,7H,2,4-5,10H2,1H3/t7-,9-/m1/s1. The van der Waals surface area contributed by atoms with E-state index in [2.05, 4.69) is 13.0 Å². The quantitative estimate of drug-likeness (QED) is 0.568. The van der Waals surface area contributed by atoms with E-state index in [1.165, 1.54) is 5.57 Å². The maximum absolute atomic E-state index is 11.1. The van der Waals surface area contributed by atoms with Gasteiger partial charge in [-0.25, -0.2) is 0 Å². The number of ketones is 1. The summed E-state index contributed by atoms with van der Waals surface area (Å²) in [4.78, 5) is 11.1. The number of hydrogen-bond acceptors (Lipinski definition) is 2. The fourth-order valence-electron chi connectivity index (χ4n) is 2.13. The normalized spacial score (nSPS) is 41.5. The van der Waals surface area contributed by atoms with Gasteiger partial charge in [0, 0.05) is 12.0 Å². The van der Waals surface area contributed by atoms with Crippen LogP contribution in [0.1, 0.15) is 26.2 Å². The molecular weight excluding hydrogens is 138 g/mol. The molecule has 0 spiro atoms. The first-order valence-corrected chi connectivity index (χ1v) is 4.17. The van der Waals surface area contributed by atoms with Gasteiger partial charge in [-0.3, -0.25) is 4.79 Å². The molecule has 0 radical (unpaired) electrons. The molecule has 0 amide bonds. The molecule has 2 heteroatoms. The summed E-state index contributed by atoms with van der Waals surface area (Å²) in [6, 6.07) is 0. The van der Waals surface area contributed by atoms with Gasteiger partial charge in [0.05, 0.1) is 5.92 Å². The summed E-state index contributed by atoms with van der Waals surface area (Å²) in [6.45, 7) is 2.12. The molecule has 60 valence electrons. The van der Waals surface area contributed by atoms with Gasteiger partial charge in [0.1, 0.15) is 5.78 Å². The SMILES string of the molecule is CCC1=C[C@@H]2C(=O)C[C@]2(N)C1. The third kappa shape index (κ3) is 0.791. The lowest BCUT2D eigenvalue weighted by Gasteiger charge is -2.39. The summed E-state index contributed by atoms with van der Waals surface area (Å²) >= 11 is 0. The fourth-order valence-corrected chi connectivity index (χ4v) is 2.13. The number of carbonyl (C=O) groups excluding carboxylic acids is 1. The second-order valence-corrected chi connectivity index (χ2v) is 3.71. The van der Waals surface area contributed by atoms with E-state index in [1.807, 2.05) is 0 Å². The molecule has 2 rings (SSSR count). The van der Waals surface area contributed by atoms with Crippen molar-refractivity contribution in [2.45, 2.75) is 31.7 Å². The fraction of sp³-hybridized carbons (Fsp3) is 0.667. The molecule has 0 aromatic carbocycles. The Hall–Kier alpha value is -0.630. The highest BCUT2D eigenvalue weighted by atomic mass is 16.1. The summed E-state index contributed by atoms with van der Waals surface area (Å²) in [5, 5.41) is 0. The van der Waals surface area contributed by atoms with Crippen LogP contribution in [0, 0.1) is 5.92 Å². The van der Waals surface area contributed by atoms with Gasteiger partial charge in [-0.2, -0.15) is 0 Å². The second-order valence-electron chi connectivity index (χ2n) is 3.71. The topological polar surface area (TPSA) is 43.1 Å². The molecule has 2 aliphatic carbocycles. The van der Waals surface area contributed by atoms with E-state index in [9.17, 15) is 4.79 Å². The first-order valence-electron chi connectivity index (χ1n) is 4.17. The van der Waals surface area contributed by atoms with Crippen molar-refractivity contribution in [3.63, 3.8) is 0 Å². The molecule has 0 heterocycles. The predicted octanol–water partition coefficient (Wildman–Crippen LogP) is 1.01. The van der Waals surface area contributed by atoms with E-state index in [-0.39, 0.29) is 11.5 Å². The summed E-state index contributed by atoms with van der Waals surface area (Å²) in [6.07, 6.45) is 4.66. The molecule has 11 heavy (non-hydrogen) atoms. The van der Waals surface area contributed by atoms with Crippen LogP contribution in [-0.4, -0.2) is 11.3 Å². The number of rotatable bonds is 1. The Morgan fingerprint density at radius 3 is 2.91 bits per heavy atom. The zero-order chi connectivity index (χ0) is 8.06. The first kappa shape index (κ1) is 7.04. The van der Waals surface area contributed by atoms with Crippen molar-refractivity contribution in [3.05, 3.63) is 11.6 Å². The molecule has 0 saturated heterocycles. The minimum absolute atomic E-state index is 0.0671. The Bertz CT molecular complexity index is 244. The van der Waals surface area contributed by atoms with Crippen LogP contribution >= 0.6 is 0 Å². The summed E-state index contributed by atoms with van der Waals surface area (Å²) in [5.74, 6) is 0.397. The lowest BCUT2D eigenvalue weighted by molar-refractivity contribution is -0.132. The van der Waals surface area contributed by atoms with Crippen molar-refractivity contribution in [3.8, 4) is 0 Å². The van der Waals surface area contributed by atoms with Crippen LogP contribution in [0.2, 0.25) is 0 Å². The zero-order valence-electron chi connectivity index (χ0n) is 6.76. The van der Waals surface area contributed by atoms with Gasteiger partial charge in [-0.15, -0.1) is 0 Å². The van der Waals surface area contributed by atoms with Gasteiger partial charge in [0.2, 0.25) is 0 Å². The highest BCUT2D eigenvalue weighted by Crippen LogP contribution is 2.45. The third-order valence-corrected chi connectivity index (χ3v) is 2.88. The van der Waals surface area contributed by atoms with Gasteiger partial charge in [0.25, 0.3) is 0 Å². The molecule has 2 aliphatic rings. The van der Waals surface area contributed by atoms with Gasteiger partial charge < -0.3 is 5.73 Å². The van der Waals surface area contributed by atoms with Gasteiger partial charge in [0.15, 0.2) is 0 Å². The molecule has 0 bridgehead atoms. The number of carbonyl (C=O) groups is 1. The predicted molar refractivity (Wildman–Crippen MR) is 43.0 cm³/mol. The number of hydrogen-bond donors (Lipinski definition) is 1. The van der Waals surface area contributed by atoms with Crippen molar-refractivity contribution < 1.29 is 4.79 Å². The Morgan fingerprint density at radius 1 is 1.73 bits per heavy atom. The van der Waals surface area contributed by atoms with Gasteiger partial charge in [-0.1, -0.05) is 18.6 Å². The van der Waals surface area contributed by atoms with Crippen molar-refractivity contribution in [1.29, 1.82) is 0 Å². The first-order chi connectivity index (χ1) is 5.15. The molecule has 2 N–H and O–H groups in total. The maximum atomic E-state index is 11.1. The molecule has 0 aromatic rings. The van der Waals surface area contributed by atoms with E-state index >= 15 is 0 Å². The number of fused-ring (bicyclic) bond motifs is 1. The van der Waals surface area contributed by atoms with E-state index < -0.39 is 0 Å². The Labute approximate surface area is 66.5 Å². The lowest BCUT2D eigenvalue weighted by atomic mass is 9.68. The maximum Gasteiger partial charge on any atom is 0.143 e. The Balaban J connectivity index is 2.21. The summed E-state index contributed by atoms with van der Waals surface area (Å²) < 4.78 is 0. The summed E-state index contributed by atoms with van der Waals surface area (Å²) in [5.41, 5.74) is 7.19. The average molecular weight is 151 g/mol. The van der Waals surface area contributed by atoms with E-state index in [0.29, 0.717) is 12.2 Å². The van der Waals surface area contributed by atoms with Crippen LogP contribution in [-0.2, 0) is 4.79 Å². The molecule has 2 nitrogen and oxygen atoms in total. The highest BCUT2D eigenvalue weighted by molar-refractivity contribution is 5.93. The van der Waals surface area contributed by atoms with Gasteiger partial charge in [-0.05, 0) is 12.8 Å². The van der Waals surface area contributed by atoms with Crippen LogP contribution in [0.15, 0.2) is 11.6 Å². The molecule has 1 fully saturated rings. The zero-order valence-corrected chi connectivity index (χ0v) is 6.76. The highest BCUT2D eigenvalue weighted by Gasteiger charge is 2.52. The smallest absolute Gasteiger partial charge is 0.143 e. The number of Topliss-reactive ketones (excluding diaryl/α,β-unsaturated/α-hetero) is 1. The Morgan fingerprint density at radius 2 is 2.45 bits per heavy atom. The lowest BCUT2D eigenvalue weighted by Crippen LogP contribution is -2.58. The van der Waals surface area contributed by atoms with E-state index in [1.54, 1.807) is 0 Å². The van der Waals surface area contributed by atoms with Gasteiger partial charge >= 0.3 is 0 Å². The van der Waals surface area contributed by atoms with Crippen LogP contribution in [0.3, 0.4) is 0 Å². The third-order valence-electron chi connectivity index (χ3n) is 2.88. The average Bonchev–Trinajstić information content (AvgIpc) is 2.22. The summed E-state index contributed by atoms with van der Waals surface area (Å²) in [7, 11) is 0. The van der Waals surface area contributed by atoms with Crippen molar-refractivity contribution in [2.24, 2.45) is 11.7 Å². The number of nitrogens with two attached hydrogens (primary N) is 1. The molecule has 0 aliphatic heterocycles. The molecule has 2 atom stereocenters. The van der Waals surface area contributed by atoms with Crippen molar-refractivity contribution in [2.75, 3.05) is 0 Å². The largest absolute Gasteiger partial charge is 0.324 e. The van der Waals surface area contributed by atoms with Crippen LogP contribution in [0.4, 0.5) is 0 Å². The van der Waals surface area contributed by atoms with Crippen LogP contribution < -0.4 is 5.73 Å². The molecular formula is C9H13NO. The van der Waals surface area contributed by atoms with E-state index in [0.717, 1.165) is 12.8 Å². The van der Waals surface area contributed by atoms with Crippen LogP contribution in [0.25, 0.3) is 0 Å². The monoisotopic (exact) mass is 151 g/mol. The van der Waals surface area contributed by atoms with Crippen molar-refractivity contribution in [1.82, 2.24) is 0 Å². The van der Waals surface area contributed by atoms with Crippen molar-refractivity contribution >= 4 is 5.78 Å². The van der Waals surface area contributed by atoms with Crippen LogP contribution in [0.5, 0.6) is 0 Å². The minimum atomic E-state index is -0.164. The molecule has 1 saturated carbocycles. The molecule has 0 aromatic heterocycles. The van der Waals surface area contributed by atoms with E-state index in [4.69, 9.17) is 5.73 Å².